The third-order valence-electron chi connectivity index (χ3n) is 1.28. The molecule has 0 bridgehead atoms. The second-order valence-corrected chi connectivity index (χ2v) is 4.64. The molecule has 90 valence electrons. The van der Waals surface area contributed by atoms with Crippen LogP contribution in [0.2, 0.25) is 0 Å². The molecular weight excluding hydrogens is 259 g/mol. The van der Waals surface area contributed by atoms with Crippen LogP contribution in [0.5, 0.6) is 5.75 Å². The lowest BCUT2D eigenvalue weighted by Crippen LogP contribution is -2.23. The van der Waals surface area contributed by atoms with Crippen LogP contribution in [0.4, 0.5) is 0 Å². The summed E-state index contributed by atoms with van der Waals surface area (Å²) < 4.78 is 43.5. The van der Waals surface area contributed by atoms with Crippen LogP contribution in [0, 0.1) is 0 Å². The highest BCUT2D eigenvalue weighted by Gasteiger charge is 2.32. The highest BCUT2D eigenvalue weighted by Crippen LogP contribution is 2.48. The van der Waals surface area contributed by atoms with E-state index in [4.69, 9.17) is 14.9 Å². The Bertz CT molecular complexity index is 401. The molecule has 1 aromatic rings. The number of nitrogens with two attached hydrogens (primary N) is 1. The summed E-state index contributed by atoms with van der Waals surface area (Å²) in [6.07, 6.45) is 0. The van der Waals surface area contributed by atoms with Gasteiger partial charge in [-0.1, -0.05) is 18.2 Å². The van der Waals surface area contributed by atoms with E-state index in [-0.39, 0.29) is 5.75 Å². The summed E-state index contributed by atoms with van der Waals surface area (Å²) in [5.41, 5.74) is 1.58. The first-order valence-corrected chi connectivity index (χ1v) is 6.35. The van der Waals surface area contributed by atoms with Gasteiger partial charge in [0.25, 0.3) is 0 Å². The molecule has 0 aliphatic heterocycles. The fourth-order valence-electron chi connectivity index (χ4n) is 0.802. The van der Waals surface area contributed by atoms with Crippen LogP contribution in [0.25, 0.3) is 0 Å². The first-order chi connectivity index (χ1) is 7.56. The maximum Gasteiger partial charge on any atom is 0.563 e. The van der Waals surface area contributed by atoms with E-state index in [2.05, 4.69) is 8.59 Å². The van der Waals surface area contributed by atoms with E-state index < -0.39 is 19.2 Å². The molecule has 4 N–H and O–H groups in total. The van der Waals surface area contributed by atoms with E-state index in [0.29, 0.717) is 0 Å². The molecule has 0 heterocycles. The molecule has 0 aliphatic rings. The van der Waals surface area contributed by atoms with Gasteiger partial charge < -0.3 is 4.52 Å². The molecule has 10 heteroatoms. The topological polar surface area (TPSA) is 120 Å². The lowest BCUT2D eigenvalue weighted by molar-refractivity contribution is 0.136. The summed E-state index contributed by atoms with van der Waals surface area (Å²) in [7, 11) is -4.28. The van der Waals surface area contributed by atoms with Crippen molar-refractivity contribution in [2.45, 2.75) is 0 Å². The van der Waals surface area contributed by atoms with Crippen LogP contribution in [0.3, 0.4) is 0 Å². The quantitative estimate of drug-likeness (QED) is 0.299. The Morgan fingerprint density at radius 3 is 2.50 bits per heavy atom. The zero-order valence-electron chi connectivity index (χ0n) is 7.81. The Hall–Kier alpha value is -0.800. The molecule has 0 spiro atoms. The first-order valence-electron chi connectivity index (χ1n) is 3.85. The minimum atomic E-state index is -4.28. The predicted molar refractivity (Wildman–Crippen MR) is 54.9 cm³/mol. The zero-order chi connectivity index (χ0) is 12.0. The SMILES string of the molecule is NNOP(=O)(Oc1ccccc1)OS(=O)O. The third kappa shape index (κ3) is 4.37. The lowest BCUT2D eigenvalue weighted by atomic mass is 10.3. The highest BCUT2D eigenvalue weighted by molar-refractivity contribution is 7.80. The number of para-hydroxylation sites is 1. The van der Waals surface area contributed by atoms with E-state index in [1.807, 2.05) is 0 Å². The molecule has 2 atom stereocenters. The van der Waals surface area contributed by atoms with Crippen molar-refractivity contribution >= 4 is 19.2 Å². The molecule has 0 amide bonds. The van der Waals surface area contributed by atoms with Gasteiger partial charge in [0.2, 0.25) is 0 Å². The van der Waals surface area contributed by atoms with Crippen molar-refractivity contribution in [2.75, 3.05) is 0 Å². The molecule has 0 aliphatic carbocycles. The molecule has 0 fully saturated rings. The van der Waals surface area contributed by atoms with Gasteiger partial charge in [0, 0.05) is 0 Å². The molecule has 1 rings (SSSR count). The van der Waals surface area contributed by atoms with Crippen LogP contribution < -0.4 is 16.0 Å². The second kappa shape index (κ2) is 6.06. The summed E-state index contributed by atoms with van der Waals surface area (Å²) in [6, 6.07) is 7.81. The van der Waals surface area contributed by atoms with Crippen molar-refractivity contribution < 1.29 is 26.4 Å². The number of benzene rings is 1. The summed E-state index contributed by atoms with van der Waals surface area (Å²) >= 11 is -2.82. The lowest BCUT2D eigenvalue weighted by Gasteiger charge is -2.14. The highest BCUT2D eigenvalue weighted by atomic mass is 32.2. The molecule has 0 radical (unpaired) electrons. The maximum atomic E-state index is 11.6. The van der Waals surface area contributed by atoms with Crippen LogP contribution >= 0.6 is 7.82 Å². The Labute approximate surface area is 93.7 Å². The molecule has 0 aromatic heterocycles. The van der Waals surface area contributed by atoms with Crippen molar-refractivity contribution in [3.05, 3.63) is 30.3 Å². The van der Waals surface area contributed by atoms with Gasteiger partial charge in [-0.05, 0) is 12.1 Å². The van der Waals surface area contributed by atoms with Crippen molar-refractivity contribution in [3.8, 4) is 5.75 Å². The molecule has 0 saturated heterocycles. The van der Waals surface area contributed by atoms with Gasteiger partial charge in [0.05, 0.1) is 0 Å². The van der Waals surface area contributed by atoms with E-state index in [0.717, 1.165) is 0 Å². The Morgan fingerprint density at radius 2 is 2.00 bits per heavy atom. The number of rotatable bonds is 6. The Kier molecular flexibility index (Phi) is 5.03. The third-order valence-corrected chi connectivity index (χ3v) is 3.28. The monoisotopic (exact) mass is 268 g/mol. The predicted octanol–water partition coefficient (Wildman–Crippen LogP) is 0.722. The average Bonchev–Trinajstić information content (AvgIpc) is 2.17. The standard InChI is InChI=1S/C6H9N2O6PS/c7-8-13-15(9,14-16(10)11)12-6-4-2-1-3-5-6/h1-5,8H,7H2,(H,10,11). The van der Waals surface area contributed by atoms with Crippen molar-refractivity contribution in [1.29, 1.82) is 0 Å². The van der Waals surface area contributed by atoms with E-state index in [1.165, 1.54) is 12.1 Å². The van der Waals surface area contributed by atoms with Gasteiger partial charge in [-0.3, -0.25) is 4.55 Å². The number of phosphoric acid groups is 1. The summed E-state index contributed by atoms with van der Waals surface area (Å²) in [5, 5.41) is 0. The average molecular weight is 268 g/mol. The summed E-state index contributed by atoms with van der Waals surface area (Å²) in [6.45, 7) is 0. The normalized spacial score (nSPS) is 16.4. The minimum absolute atomic E-state index is 0.131. The van der Waals surface area contributed by atoms with E-state index in [1.54, 1.807) is 23.8 Å². The van der Waals surface area contributed by atoms with Crippen LogP contribution in [-0.4, -0.2) is 8.76 Å². The molecular formula is C6H9N2O6PS. The Morgan fingerprint density at radius 1 is 1.38 bits per heavy atom. The van der Waals surface area contributed by atoms with E-state index >= 15 is 0 Å². The second-order valence-electron chi connectivity index (χ2n) is 2.35. The van der Waals surface area contributed by atoms with Crippen LogP contribution in [-0.2, 0) is 24.5 Å². The minimum Gasteiger partial charge on any atom is -0.402 e. The summed E-state index contributed by atoms with van der Waals surface area (Å²) in [5.74, 6) is 4.89. The number of hydrazine groups is 1. The summed E-state index contributed by atoms with van der Waals surface area (Å²) in [4.78, 5) is 0. The number of hydrogen-bond acceptors (Lipinski definition) is 7. The van der Waals surface area contributed by atoms with Crippen LogP contribution in [0.15, 0.2) is 30.3 Å². The Balaban J connectivity index is 2.79. The molecule has 16 heavy (non-hydrogen) atoms. The maximum absolute atomic E-state index is 11.6. The molecule has 1 aromatic carbocycles. The van der Waals surface area contributed by atoms with E-state index in [9.17, 15) is 8.77 Å². The van der Waals surface area contributed by atoms with Crippen LogP contribution in [0.1, 0.15) is 0 Å². The number of hydrogen-bond donors (Lipinski definition) is 3. The van der Waals surface area contributed by atoms with Gasteiger partial charge in [-0.15, -0.1) is 5.59 Å². The molecule has 8 nitrogen and oxygen atoms in total. The van der Waals surface area contributed by atoms with Gasteiger partial charge in [0.15, 0.2) is 0 Å². The van der Waals surface area contributed by atoms with Crippen molar-refractivity contribution in [1.82, 2.24) is 5.59 Å². The fourth-order valence-corrected chi connectivity index (χ4v) is 2.22. The van der Waals surface area contributed by atoms with Gasteiger partial charge >= 0.3 is 19.2 Å². The zero-order valence-corrected chi connectivity index (χ0v) is 9.52. The van der Waals surface area contributed by atoms with Gasteiger partial charge in [-0.25, -0.2) is 10.4 Å². The number of nitrogens with one attached hydrogen (secondary N) is 1. The van der Waals surface area contributed by atoms with Crippen molar-refractivity contribution in [2.24, 2.45) is 5.84 Å². The van der Waals surface area contributed by atoms with Crippen molar-refractivity contribution in [3.63, 3.8) is 0 Å². The van der Waals surface area contributed by atoms with Gasteiger partial charge in [0.1, 0.15) is 5.75 Å². The van der Waals surface area contributed by atoms with Gasteiger partial charge in [-0.2, -0.15) is 12.8 Å². The smallest absolute Gasteiger partial charge is 0.402 e. The molecule has 0 saturated carbocycles. The largest absolute Gasteiger partial charge is 0.563 e. The first kappa shape index (κ1) is 13.3. The fraction of sp³-hybridized carbons (Fsp3) is 0. The molecule has 2 unspecified atom stereocenters.